The number of carbonyl (C=O) groups is 1. The molecular formula is C13H17ClN2O2. The summed E-state index contributed by atoms with van der Waals surface area (Å²) in [5.74, 6) is 0.0561. The van der Waals surface area contributed by atoms with Gasteiger partial charge in [0.2, 0.25) is 0 Å². The molecule has 0 radical (unpaired) electrons. The van der Waals surface area contributed by atoms with Crippen molar-refractivity contribution in [1.82, 2.24) is 9.88 Å². The van der Waals surface area contributed by atoms with Gasteiger partial charge < -0.3 is 9.88 Å². The molecule has 1 N–H and O–H groups in total. The maximum Gasteiger partial charge on any atom is 0.259 e. The molecule has 0 aliphatic carbocycles. The van der Waals surface area contributed by atoms with Gasteiger partial charge in [0.05, 0.1) is 0 Å². The normalized spacial score (nSPS) is 24.1. The summed E-state index contributed by atoms with van der Waals surface area (Å²) in [6.45, 7) is 5.04. The summed E-state index contributed by atoms with van der Waals surface area (Å²) in [4.78, 5) is 28.6. The number of H-pyrrole nitrogens is 1. The van der Waals surface area contributed by atoms with Crippen molar-refractivity contribution >= 4 is 17.5 Å². The molecule has 2 unspecified atom stereocenters. The van der Waals surface area contributed by atoms with Crippen LogP contribution in [0.15, 0.2) is 17.1 Å². The quantitative estimate of drug-likeness (QED) is 0.790. The molecule has 1 saturated heterocycles. The van der Waals surface area contributed by atoms with Crippen molar-refractivity contribution in [2.24, 2.45) is 5.92 Å². The second kappa shape index (κ2) is 5.14. The van der Waals surface area contributed by atoms with Gasteiger partial charge in [-0.25, -0.2) is 0 Å². The van der Waals surface area contributed by atoms with Crippen LogP contribution in [-0.2, 0) is 0 Å². The first-order valence-electron chi connectivity index (χ1n) is 6.11. The maximum atomic E-state index is 12.2. The van der Waals surface area contributed by atoms with E-state index in [1.165, 1.54) is 12.3 Å². The van der Waals surface area contributed by atoms with Crippen molar-refractivity contribution < 1.29 is 4.79 Å². The topological polar surface area (TPSA) is 53.2 Å². The molecule has 5 heteroatoms. The van der Waals surface area contributed by atoms with Gasteiger partial charge >= 0.3 is 0 Å². The average Bonchev–Trinajstić information content (AvgIpc) is 2.32. The van der Waals surface area contributed by atoms with E-state index in [-0.39, 0.29) is 28.2 Å². The van der Waals surface area contributed by atoms with E-state index in [0.717, 1.165) is 12.1 Å². The fourth-order valence-electron chi connectivity index (χ4n) is 2.21. The zero-order chi connectivity index (χ0) is 13.3. The zero-order valence-electron chi connectivity index (χ0n) is 10.6. The van der Waals surface area contributed by atoms with E-state index in [0.29, 0.717) is 13.1 Å². The van der Waals surface area contributed by atoms with E-state index in [9.17, 15) is 9.59 Å². The number of pyridine rings is 1. The van der Waals surface area contributed by atoms with Crippen LogP contribution < -0.4 is 5.43 Å². The minimum atomic E-state index is -0.225. The van der Waals surface area contributed by atoms with Gasteiger partial charge in [0.15, 0.2) is 5.43 Å². The largest absolute Gasteiger partial charge is 0.364 e. The number of carbonyl (C=O) groups excluding carboxylic acids is 1. The van der Waals surface area contributed by atoms with Gasteiger partial charge in [-0.05, 0) is 19.3 Å². The average molecular weight is 269 g/mol. The standard InChI is InChI=1S/C13H17ClN2O2/c1-8-7-16(4-3-11(8)14)13(18)10-6-15-9(2)5-12(10)17/h5-6,8,11H,3-4,7H2,1-2H3,(H,15,17). The summed E-state index contributed by atoms with van der Waals surface area (Å²) in [6, 6.07) is 1.45. The molecule has 1 aromatic heterocycles. The number of aromatic amines is 1. The first-order valence-corrected chi connectivity index (χ1v) is 6.55. The number of aromatic nitrogens is 1. The van der Waals surface area contributed by atoms with Gasteiger partial charge in [-0.15, -0.1) is 11.6 Å². The molecular weight excluding hydrogens is 252 g/mol. The zero-order valence-corrected chi connectivity index (χ0v) is 11.3. The SMILES string of the molecule is Cc1cc(=O)c(C(=O)N2CCC(Cl)C(C)C2)c[nH]1. The number of rotatable bonds is 1. The Kier molecular flexibility index (Phi) is 3.76. The Morgan fingerprint density at radius 3 is 2.89 bits per heavy atom. The highest BCUT2D eigenvalue weighted by molar-refractivity contribution is 6.20. The number of piperidine rings is 1. The number of likely N-dealkylation sites (tertiary alicyclic amines) is 1. The van der Waals surface area contributed by atoms with Crippen molar-refractivity contribution in [3.8, 4) is 0 Å². The molecule has 2 rings (SSSR count). The monoisotopic (exact) mass is 268 g/mol. The number of hydrogen-bond donors (Lipinski definition) is 1. The Bertz CT molecular complexity index is 512. The lowest BCUT2D eigenvalue weighted by Gasteiger charge is -2.34. The maximum absolute atomic E-state index is 12.2. The number of hydrogen-bond acceptors (Lipinski definition) is 2. The second-order valence-electron chi connectivity index (χ2n) is 4.93. The van der Waals surface area contributed by atoms with Crippen LogP contribution in [-0.4, -0.2) is 34.3 Å². The molecule has 1 aromatic rings. The van der Waals surface area contributed by atoms with E-state index in [4.69, 9.17) is 11.6 Å². The van der Waals surface area contributed by atoms with E-state index in [2.05, 4.69) is 4.98 Å². The Labute approximate surface area is 111 Å². The molecule has 4 nitrogen and oxygen atoms in total. The lowest BCUT2D eigenvalue weighted by atomic mass is 9.99. The Morgan fingerprint density at radius 2 is 2.28 bits per heavy atom. The summed E-state index contributed by atoms with van der Waals surface area (Å²) >= 11 is 6.13. The lowest BCUT2D eigenvalue weighted by Crippen LogP contribution is -2.44. The number of aryl methyl sites for hydroxylation is 1. The van der Waals surface area contributed by atoms with Gasteiger partial charge in [-0.3, -0.25) is 9.59 Å². The molecule has 98 valence electrons. The fraction of sp³-hybridized carbons (Fsp3) is 0.538. The number of amides is 1. The van der Waals surface area contributed by atoms with Gasteiger partial charge in [0.25, 0.3) is 5.91 Å². The van der Waals surface area contributed by atoms with Crippen LogP contribution in [0, 0.1) is 12.8 Å². The van der Waals surface area contributed by atoms with E-state index in [1.54, 1.807) is 11.8 Å². The minimum Gasteiger partial charge on any atom is -0.364 e. The molecule has 1 amide bonds. The summed E-state index contributed by atoms with van der Waals surface area (Å²) in [7, 11) is 0. The van der Waals surface area contributed by atoms with Gasteiger partial charge in [0.1, 0.15) is 5.56 Å². The first-order chi connectivity index (χ1) is 8.49. The van der Waals surface area contributed by atoms with Crippen LogP contribution in [0.5, 0.6) is 0 Å². The third-order valence-corrected chi connectivity index (χ3v) is 4.02. The van der Waals surface area contributed by atoms with Crippen molar-refractivity contribution in [3.05, 3.63) is 33.7 Å². The molecule has 1 fully saturated rings. The minimum absolute atomic E-state index is 0.116. The number of nitrogens with one attached hydrogen (secondary N) is 1. The van der Waals surface area contributed by atoms with Crippen molar-refractivity contribution in [1.29, 1.82) is 0 Å². The van der Waals surface area contributed by atoms with Crippen LogP contribution in [0.3, 0.4) is 0 Å². The molecule has 0 saturated carbocycles. The van der Waals surface area contributed by atoms with E-state index in [1.807, 2.05) is 6.92 Å². The highest BCUT2D eigenvalue weighted by Gasteiger charge is 2.28. The van der Waals surface area contributed by atoms with Crippen molar-refractivity contribution in [2.75, 3.05) is 13.1 Å². The third-order valence-electron chi connectivity index (χ3n) is 3.38. The predicted octanol–water partition coefficient (Wildman–Crippen LogP) is 1.77. The van der Waals surface area contributed by atoms with Crippen LogP contribution in [0.25, 0.3) is 0 Å². The van der Waals surface area contributed by atoms with Crippen LogP contribution >= 0.6 is 11.6 Å². The van der Waals surface area contributed by atoms with Crippen LogP contribution in [0.2, 0.25) is 0 Å². The predicted molar refractivity (Wildman–Crippen MR) is 71.1 cm³/mol. The van der Waals surface area contributed by atoms with Crippen LogP contribution in [0.1, 0.15) is 29.4 Å². The Balaban J connectivity index is 2.19. The Hall–Kier alpha value is -1.29. The van der Waals surface area contributed by atoms with E-state index >= 15 is 0 Å². The van der Waals surface area contributed by atoms with Gasteiger partial charge in [-0.2, -0.15) is 0 Å². The summed E-state index contributed by atoms with van der Waals surface area (Å²) in [6.07, 6.45) is 2.27. The third kappa shape index (κ3) is 2.58. The van der Waals surface area contributed by atoms with Gasteiger partial charge in [-0.1, -0.05) is 6.92 Å². The summed E-state index contributed by atoms with van der Waals surface area (Å²) < 4.78 is 0. The van der Waals surface area contributed by atoms with E-state index < -0.39 is 0 Å². The molecule has 0 aromatic carbocycles. The Morgan fingerprint density at radius 1 is 1.56 bits per heavy atom. The fourth-order valence-corrected chi connectivity index (χ4v) is 2.39. The molecule has 2 heterocycles. The molecule has 1 aliphatic rings. The van der Waals surface area contributed by atoms with Crippen molar-refractivity contribution in [3.63, 3.8) is 0 Å². The number of alkyl halides is 1. The summed E-state index contributed by atoms with van der Waals surface area (Å²) in [5, 5.41) is 0.116. The first kappa shape index (κ1) is 13.1. The molecule has 2 atom stereocenters. The lowest BCUT2D eigenvalue weighted by molar-refractivity contribution is 0.0685. The molecule has 0 spiro atoms. The number of nitrogens with zero attached hydrogens (tertiary/aromatic N) is 1. The van der Waals surface area contributed by atoms with Crippen LogP contribution in [0.4, 0.5) is 0 Å². The second-order valence-corrected chi connectivity index (χ2v) is 5.49. The molecule has 18 heavy (non-hydrogen) atoms. The van der Waals surface area contributed by atoms with Gasteiger partial charge in [0, 0.05) is 36.4 Å². The highest BCUT2D eigenvalue weighted by Crippen LogP contribution is 2.22. The van der Waals surface area contributed by atoms with Crippen molar-refractivity contribution in [2.45, 2.75) is 25.6 Å². The number of halogens is 1. The highest BCUT2D eigenvalue weighted by atomic mass is 35.5. The molecule has 1 aliphatic heterocycles. The molecule has 0 bridgehead atoms. The summed E-state index contributed by atoms with van der Waals surface area (Å²) in [5.41, 5.74) is 0.738. The smallest absolute Gasteiger partial charge is 0.259 e.